The van der Waals surface area contributed by atoms with Crippen LogP contribution in [0.4, 0.5) is 5.95 Å². The summed E-state index contributed by atoms with van der Waals surface area (Å²) in [5.41, 5.74) is 0. The van der Waals surface area contributed by atoms with Gasteiger partial charge < -0.3 is 14.8 Å². The van der Waals surface area contributed by atoms with Crippen LogP contribution >= 0.6 is 0 Å². The molecule has 0 saturated carbocycles. The molecule has 2 heterocycles. The lowest BCUT2D eigenvalue weighted by Gasteiger charge is -2.06. The molecule has 0 bridgehead atoms. The van der Waals surface area contributed by atoms with E-state index in [-0.39, 0.29) is 12.0 Å². The molecule has 0 fully saturated rings. The summed E-state index contributed by atoms with van der Waals surface area (Å²) in [4.78, 5) is 12.3. The first-order valence-electron chi connectivity index (χ1n) is 5.91. The molecule has 0 atom stereocenters. The van der Waals surface area contributed by atoms with Crippen LogP contribution in [0.5, 0.6) is 17.8 Å². The second-order valence-corrected chi connectivity index (χ2v) is 3.81. The maximum atomic E-state index is 5.50. The van der Waals surface area contributed by atoms with Crippen molar-refractivity contribution >= 4 is 5.95 Å². The molecule has 8 nitrogen and oxygen atoms in total. The first-order valence-corrected chi connectivity index (χ1v) is 5.91. The zero-order valence-corrected chi connectivity index (χ0v) is 11.1. The van der Waals surface area contributed by atoms with Gasteiger partial charge in [-0.25, -0.2) is 0 Å². The van der Waals surface area contributed by atoms with Gasteiger partial charge in [0.1, 0.15) is 0 Å². The average molecular weight is 264 g/mol. The number of ether oxygens (including phenoxy) is 2. The largest absolute Gasteiger partial charge is 0.467 e. The summed E-state index contributed by atoms with van der Waals surface area (Å²) in [5.74, 6) is 0.977. The van der Waals surface area contributed by atoms with E-state index in [1.165, 1.54) is 7.11 Å². The average Bonchev–Trinajstić information content (AvgIpc) is 2.81. The highest BCUT2D eigenvalue weighted by atomic mass is 16.5. The highest BCUT2D eigenvalue weighted by Gasteiger charge is 2.09. The number of anilines is 1. The van der Waals surface area contributed by atoms with Crippen molar-refractivity contribution in [1.29, 1.82) is 0 Å². The monoisotopic (exact) mass is 264 g/mol. The molecule has 0 aliphatic carbocycles. The Bertz CT molecular complexity index is 542. The van der Waals surface area contributed by atoms with Crippen molar-refractivity contribution in [2.75, 3.05) is 19.0 Å². The molecule has 0 amide bonds. The number of rotatable bonds is 6. The Hall–Kier alpha value is -2.38. The molecule has 102 valence electrons. The van der Waals surface area contributed by atoms with Crippen molar-refractivity contribution in [3.8, 4) is 17.8 Å². The normalized spacial score (nSPS) is 10.3. The van der Waals surface area contributed by atoms with Crippen LogP contribution in [-0.4, -0.2) is 38.4 Å². The number of hydrogen-bond acceptors (Lipinski definition) is 7. The molecule has 19 heavy (non-hydrogen) atoms. The highest BCUT2D eigenvalue weighted by molar-refractivity contribution is 5.29. The predicted molar refractivity (Wildman–Crippen MR) is 68.4 cm³/mol. The number of nitrogens with one attached hydrogen (secondary N) is 1. The predicted octanol–water partition coefficient (Wildman–Crippen LogP) is 1.23. The molecule has 2 rings (SSSR count). The molecule has 0 unspecified atom stereocenters. The van der Waals surface area contributed by atoms with Gasteiger partial charge >= 0.3 is 12.0 Å². The summed E-state index contributed by atoms with van der Waals surface area (Å²) >= 11 is 0. The first-order chi connectivity index (χ1) is 9.21. The van der Waals surface area contributed by atoms with Gasteiger partial charge in [-0.1, -0.05) is 6.92 Å². The lowest BCUT2D eigenvalue weighted by molar-refractivity contribution is 0.360. The van der Waals surface area contributed by atoms with E-state index < -0.39 is 0 Å². The fraction of sp³-hybridized carbons (Fsp3) is 0.455. The Kier molecular flexibility index (Phi) is 4.11. The summed E-state index contributed by atoms with van der Waals surface area (Å²) in [6, 6.07) is 0.367. The minimum atomic E-state index is 0.165. The SMILES string of the molecule is CCCNc1nc(OC)nc(Oc2cnn(C)c2)n1. The second-order valence-electron chi connectivity index (χ2n) is 3.81. The van der Waals surface area contributed by atoms with E-state index in [2.05, 4.69) is 32.3 Å². The highest BCUT2D eigenvalue weighted by Crippen LogP contribution is 2.19. The molecule has 2 aromatic heterocycles. The minimum Gasteiger partial charge on any atom is -0.467 e. The smallest absolute Gasteiger partial charge is 0.330 e. The number of aromatic nitrogens is 5. The topological polar surface area (TPSA) is 87.0 Å². The number of hydrogen-bond donors (Lipinski definition) is 1. The van der Waals surface area contributed by atoms with Gasteiger partial charge in [0, 0.05) is 13.6 Å². The summed E-state index contributed by atoms with van der Waals surface area (Å²) in [7, 11) is 3.29. The van der Waals surface area contributed by atoms with Crippen molar-refractivity contribution in [3.05, 3.63) is 12.4 Å². The van der Waals surface area contributed by atoms with Crippen LogP contribution < -0.4 is 14.8 Å². The van der Waals surface area contributed by atoms with Crippen molar-refractivity contribution < 1.29 is 9.47 Å². The van der Waals surface area contributed by atoms with Gasteiger partial charge in [0.05, 0.1) is 19.5 Å². The fourth-order valence-corrected chi connectivity index (χ4v) is 1.35. The molecule has 2 aromatic rings. The molecule has 0 radical (unpaired) electrons. The van der Waals surface area contributed by atoms with Crippen molar-refractivity contribution in [2.24, 2.45) is 7.05 Å². The van der Waals surface area contributed by atoms with Crippen LogP contribution in [0.3, 0.4) is 0 Å². The van der Waals surface area contributed by atoms with Gasteiger partial charge in [-0.05, 0) is 6.42 Å². The van der Waals surface area contributed by atoms with Crippen LogP contribution in [0.15, 0.2) is 12.4 Å². The standard InChI is InChI=1S/C11H16N6O2/c1-4-5-12-9-14-10(18-3)16-11(15-9)19-8-6-13-17(2)7-8/h6-7H,4-5H2,1-3H3,(H,12,14,15,16). The summed E-state index contributed by atoms with van der Waals surface area (Å²) in [6.45, 7) is 2.82. The third-order valence-electron chi connectivity index (χ3n) is 2.20. The van der Waals surface area contributed by atoms with Gasteiger partial charge in [0.25, 0.3) is 0 Å². The lowest BCUT2D eigenvalue weighted by atomic mass is 10.5. The maximum absolute atomic E-state index is 5.50. The van der Waals surface area contributed by atoms with Crippen LogP contribution in [0.25, 0.3) is 0 Å². The van der Waals surface area contributed by atoms with Crippen molar-refractivity contribution in [1.82, 2.24) is 24.7 Å². The fourth-order valence-electron chi connectivity index (χ4n) is 1.35. The Balaban J connectivity index is 2.18. The molecule has 1 N–H and O–H groups in total. The van der Waals surface area contributed by atoms with E-state index in [0.29, 0.717) is 11.7 Å². The summed E-state index contributed by atoms with van der Waals surface area (Å²) in [6.07, 6.45) is 4.26. The molecular formula is C11H16N6O2. The molecule has 0 saturated heterocycles. The molecule has 0 aliphatic rings. The molecular weight excluding hydrogens is 248 g/mol. The van der Waals surface area contributed by atoms with Crippen LogP contribution in [0.1, 0.15) is 13.3 Å². The zero-order valence-electron chi connectivity index (χ0n) is 11.1. The van der Waals surface area contributed by atoms with Gasteiger partial charge in [0.2, 0.25) is 5.95 Å². The van der Waals surface area contributed by atoms with E-state index in [0.717, 1.165) is 13.0 Å². The summed E-state index contributed by atoms with van der Waals surface area (Å²) in [5, 5.41) is 7.06. The Labute approximate surface area is 110 Å². The number of nitrogens with zero attached hydrogens (tertiary/aromatic N) is 5. The van der Waals surface area contributed by atoms with Crippen LogP contribution in [0, 0.1) is 0 Å². The second kappa shape index (κ2) is 5.98. The van der Waals surface area contributed by atoms with Crippen LogP contribution in [0.2, 0.25) is 0 Å². The van der Waals surface area contributed by atoms with Gasteiger partial charge in [-0.2, -0.15) is 15.1 Å². The van der Waals surface area contributed by atoms with Gasteiger partial charge in [-0.15, -0.1) is 4.98 Å². The van der Waals surface area contributed by atoms with E-state index in [4.69, 9.17) is 9.47 Å². The van der Waals surface area contributed by atoms with E-state index in [1.807, 2.05) is 0 Å². The third kappa shape index (κ3) is 3.54. The number of methoxy groups -OCH3 is 1. The number of aryl methyl sites for hydroxylation is 1. The first kappa shape index (κ1) is 13.1. The van der Waals surface area contributed by atoms with E-state index in [9.17, 15) is 0 Å². The van der Waals surface area contributed by atoms with Gasteiger partial charge in [-0.3, -0.25) is 4.68 Å². The lowest BCUT2D eigenvalue weighted by Crippen LogP contribution is -2.07. The maximum Gasteiger partial charge on any atom is 0.330 e. The Morgan fingerprint density at radius 2 is 2.05 bits per heavy atom. The summed E-state index contributed by atoms with van der Waals surface area (Å²) < 4.78 is 12.1. The van der Waals surface area contributed by atoms with Gasteiger partial charge in [0.15, 0.2) is 5.75 Å². The quantitative estimate of drug-likeness (QED) is 0.839. The van der Waals surface area contributed by atoms with E-state index >= 15 is 0 Å². The zero-order chi connectivity index (χ0) is 13.7. The molecule has 0 spiro atoms. The molecule has 8 heteroatoms. The molecule has 0 aromatic carbocycles. The third-order valence-corrected chi connectivity index (χ3v) is 2.20. The van der Waals surface area contributed by atoms with Crippen molar-refractivity contribution in [2.45, 2.75) is 13.3 Å². The Morgan fingerprint density at radius 3 is 2.68 bits per heavy atom. The van der Waals surface area contributed by atoms with E-state index in [1.54, 1.807) is 24.1 Å². The minimum absolute atomic E-state index is 0.165. The van der Waals surface area contributed by atoms with Crippen molar-refractivity contribution in [3.63, 3.8) is 0 Å². The Morgan fingerprint density at radius 1 is 1.26 bits per heavy atom. The van der Waals surface area contributed by atoms with Crippen LogP contribution in [-0.2, 0) is 7.05 Å². The molecule has 0 aliphatic heterocycles.